The first-order valence-corrected chi connectivity index (χ1v) is 11.5. The molecule has 0 atom stereocenters. The van der Waals surface area contributed by atoms with Crippen LogP contribution in [0.4, 0.5) is 0 Å². The van der Waals surface area contributed by atoms with Gasteiger partial charge < -0.3 is 14.5 Å². The molecule has 4 bridgehead atoms. The van der Waals surface area contributed by atoms with Crippen LogP contribution in [0.3, 0.4) is 0 Å². The van der Waals surface area contributed by atoms with E-state index in [9.17, 15) is 9.59 Å². The number of benzene rings is 1. The van der Waals surface area contributed by atoms with E-state index in [1.807, 2.05) is 12.1 Å². The second-order valence-corrected chi connectivity index (χ2v) is 10.3. The highest BCUT2D eigenvalue weighted by atomic mass is 16.5. The maximum Gasteiger partial charge on any atom is 0.339 e. The minimum Gasteiger partial charge on any atom is -0.484 e. The van der Waals surface area contributed by atoms with Gasteiger partial charge in [-0.25, -0.2) is 4.79 Å². The summed E-state index contributed by atoms with van der Waals surface area (Å²) in [5.41, 5.74) is 2.57. The van der Waals surface area contributed by atoms with Gasteiger partial charge in [0.1, 0.15) is 11.3 Å². The van der Waals surface area contributed by atoms with Crippen molar-refractivity contribution in [1.82, 2.24) is 5.32 Å². The molecule has 30 heavy (non-hydrogen) atoms. The summed E-state index contributed by atoms with van der Waals surface area (Å²) in [6, 6.07) is 5.56. The van der Waals surface area contributed by atoms with Gasteiger partial charge in [0.25, 0.3) is 5.91 Å². The van der Waals surface area contributed by atoms with Crippen molar-refractivity contribution in [2.45, 2.75) is 57.8 Å². The van der Waals surface area contributed by atoms with Crippen molar-refractivity contribution in [2.24, 2.45) is 23.2 Å². The monoisotopic (exact) mass is 407 g/mol. The summed E-state index contributed by atoms with van der Waals surface area (Å²) in [5, 5.41) is 4.14. The number of rotatable bonds is 5. The van der Waals surface area contributed by atoms with Gasteiger partial charge in [0.05, 0.1) is 0 Å². The lowest BCUT2D eigenvalue weighted by molar-refractivity contribution is -0.125. The average molecular weight is 408 g/mol. The van der Waals surface area contributed by atoms with Crippen molar-refractivity contribution >= 4 is 16.9 Å². The minimum atomic E-state index is -0.236. The quantitative estimate of drug-likeness (QED) is 0.761. The standard InChI is InChI=1S/C25H29NO4/c27-23(26-14-25-10-15-6-16(11-25)8-17(7-15)12-25)13-29-18-4-5-20-19-2-1-3-21(19)24(28)30-22(20)9-18/h4-5,9,15-17H,1-3,6-8,10-14H2,(H,26,27). The lowest BCUT2D eigenvalue weighted by Crippen LogP contribution is -2.51. The number of hydrogen-bond acceptors (Lipinski definition) is 4. The molecule has 4 saturated carbocycles. The lowest BCUT2D eigenvalue weighted by atomic mass is 9.49. The summed E-state index contributed by atoms with van der Waals surface area (Å²) in [6.07, 6.45) is 10.8. The fourth-order valence-corrected chi connectivity index (χ4v) is 7.35. The molecule has 5 aliphatic rings. The van der Waals surface area contributed by atoms with E-state index in [1.165, 1.54) is 38.5 Å². The number of ether oxygens (including phenoxy) is 1. The normalized spacial score (nSPS) is 31.1. The van der Waals surface area contributed by atoms with Crippen LogP contribution in [0.1, 0.15) is 56.1 Å². The third kappa shape index (κ3) is 3.14. The molecule has 7 rings (SSSR count). The van der Waals surface area contributed by atoms with E-state index in [0.29, 0.717) is 16.7 Å². The van der Waals surface area contributed by atoms with E-state index in [1.54, 1.807) is 6.07 Å². The topological polar surface area (TPSA) is 68.5 Å². The Bertz CT molecular complexity index is 1030. The van der Waals surface area contributed by atoms with Gasteiger partial charge in [0, 0.05) is 23.6 Å². The number of carbonyl (C=O) groups is 1. The van der Waals surface area contributed by atoms with Gasteiger partial charge in [-0.05, 0) is 98.7 Å². The van der Waals surface area contributed by atoms with Crippen molar-refractivity contribution < 1.29 is 13.9 Å². The van der Waals surface area contributed by atoms with Crippen LogP contribution in [0, 0.1) is 23.2 Å². The molecule has 0 saturated heterocycles. The second-order valence-electron chi connectivity index (χ2n) is 10.3. The van der Waals surface area contributed by atoms with Crippen molar-refractivity contribution in [3.05, 3.63) is 39.7 Å². The van der Waals surface area contributed by atoms with Crippen LogP contribution < -0.4 is 15.7 Å². The Labute approximate surface area is 176 Å². The molecule has 1 heterocycles. The largest absolute Gasteiger partial charge is 0.484 e. The minimum absolute atomic E-state index is 0.00690. The summed E-state index contributed by atoms with van der Waals surface area (Å²) in [7, 11) is 0. The van der Waals surface area contributed by atoms with Crippen LogP contribution in [-0.4, -0.2) is 19.1 Å². The zero-order valence-electron chi connectivity index (χ0n) is 17.4. The molecular weight excluding hydrogens is 378 g/mol. The lowest BCUT2D eigenvalue weighted by Gasteiger charge is -2.56. The molecule has 4 fully saturated rings. The molecule has 1 N–H and O–H groups in total. The predicted molar refractivity (Wildman–Crippen MR) is 114 cm³/mol. The maximum atomic E-state index is 12.5. The third-order valence-electron chi connectivity index (χ3n) is 8.14. The molecule has 158 valence electrons. The molecule has 0 unspecified atom stereocenters. The fraction of sp³-hybridized carbons (Fsp3) is 0.600. The summed E-state index contributed by atoms with van der Waals surface area (Å²) < 4.78 is 11.2. The Balaban J connectivity index is 1.09. The maximum absolute atomic E-state index is 12.5. The van der Waals surface area contributed by atoms with E-state index < -0.39 is 0 Å². The van der Waals surface area contributed by atoms with Crippen molar-refractivity contribution in [2.75, 3.05) is 13.2 Å². The molecule has 5 heteroatoms. The Morgan fingerprint density at radius 2 is 1.77 bits per heavy atom. The Morgan fingerprint density at radius 1 is 1.07 bits per heavy atom. The van der Waals surface area contributed by atoms with Gasteiger partial charge in [-0.3, -0.25) is 4.79 Å². The van der Waals surface area contributed by atoms with Gasteiger partial charge in [0.2, 0.25) is 0 Å². The first kappa shape index (κ1) is 18.5. The summed E-state index contributed by atoms with van der Waals surface area (Å²) in [5.74, 6) is 3.16. The van der Waals surface area contributed by atoms with Crippen LogP contribution in [-0.2, 0) is 17.6 Å². The van der Waals surface area contributed by atoms with Gasteiger partial charge >= 0.3 is 5.63 Å². The van der Waals surface area contributed by atoms with Crippen LogP contribution in [0.5, 0.6) is 5.75 Å². The Morgan fingerprint density at radius 3 is 2.50 bits per heavy atom. The highest BCUT2D eigenvalue weighted by molar-refractivity contribution is 5.83. The zero-order valence-corrected chi connectivity index (χ0v) is 17.4. The molecule has 0 radical (unpaired) electrons. The number of hydrogen-bond donors (Lipinski definition) is 1. The molecular formula is C25H29NO4. The fourth-order valence-electron chi connectivity index (χ4n) is 7.35. The van der Waals surface area contributed by atoms with E-state index in [2.05, 4.69) is 5.32 Å². The van der Waals surface area contributed by atoms with Gasteiger partial charge in [0.15, 0.2) is 6.61 Å². The molecule has 1 aromatic heterocycles. The summed E-state index contributed by atoms with van der Waals surface area (Å²) in [6.45, 7) is 0.782. The van der Waals surface area contributed by atoms with E-state index in [-0.39, 0.29) is 18.1 Å². The van der Waals surface area contributed by atoms with Crippen LogP contribution in [0.25, 0.3) is 11.0 Å². The van der Waals surface area contributed by atoms with Crippen LogP contribution >= 0.6 is 0 Å². The van der Waals surface area contributed by atoms with Crippen molar-refractivity contribution in [1.29, 1.82) is 0 Å². The molecule has 0 aliphatic heterocycles. The highest BCUT2D eigenvalue weighted by Crippen LogP contribution is 2.59. The number of nitrogens with one attached hydrogen (secondary N) is 1. The first-order chi connectivity index (χ1) is 14.6. The van der Waals surface area contributed by atoms with Crippen LogP contribution in [0.15, 0.2) is 27.4 Å². The molecule has 5 aliphatic carbocycles. The van der Waals surface area contributed by atoms with E-state index >= 15 is 0 Å². The van der Waals surface area contributed by atoms with Crippen molar-refractivity contribution in [3.8, 4) is 5.75 Å². The van der Waals surface area contributed by atoms with Gasteiger partial charge in [-0.15, -0.1) is 0 Å². The first-order valence-electron chi connectivity index (χ1n) is 11.5. The Kier molecular flexibility index (Phi) is 4.22. The number of fused-ring (bicyclic) bond motifs is 3. The number of amides is 1. The molecule has 1 amide bonds. The zero-order chi connectivity index (χ0) is 20.3. The predicted octanol–water partition coefficient (Wildman–Crippen LogP) is 3.99. The molecule has 5 nitrogen and oxygen atoms in total. The average Bonchev–Trinajstić information content (AvgIpc) is 3.20. The van der Waals surface area contributed by atoms with Gasteiger partial charge in [-0.1, -0.05) is 0 Å². The Hall–Kier alpha value is -2.30. The van der Waals surface area contributed by atoms with E-state index in [0.717, 1.165) is 60.1 Å². The highest BCUT2D eigenvalue weighted by Gasteiger charge is 2.50. The molecule has 2 aromatic rings. The summed E-state index contributed by atoms with van der Waals surface area (Å²) >= 11 is 0. The van der Waals surface area contributed by atoms with Gasteiger partial charge in [-0.2, -0.15) is 0 Å². The smallest absolute Gasteiger partial charge is 0.339 e. The summed E-state index contributed by atoms with van der Waals surface area (Å²) in [4.78, 5) is 24.6. The van der Waals surface area contributed by atoms with Crippen molar-refractivity contribution in [3.63, 3.8) is 0 Å². The third-order valence-corrected chi connectivity index (χ3v) is 8.14. The molecule has 1 aromatic carbocycles. The SMILES string of the molecule is O=C(COc1ccc2c3c(c(=O)oc2c1)CCC3)NCC12CC3CC(CC(C3)C1)C2. The number of carbonyl (C=O) groups excluding carboxylic acids is 1. The second kappa shape index (κ2) is 6.86. The van der Waals surface area contributed by atoms with E-state index in [4.69, 9.17) is 9.15 Å². The van der Waals surface area contributed by atoms with Crippen LogP contribution in [0.2, 0.25) is 0 Å². The molecule has 0 spiro atoms. The number of aryl methyl sites for hydroxylation is 1.